The van der Waals surface area contributed by atoms with Gasteiger partial charge in [-0.15, -0.1) is 0 Å². The van der Waals surface area contributed by atoms with Gasteiger partial charge in [-0.05, 0) is 35.1 Å². The number of aromatic carboxylic acids is 1. The van der Waals surface area contributed by atoms with E-state index in [0.717, 1.165) is 17.5 Å². The Labute approximate surface area is 175 Å². The van der Waals surface area contributed by atoms with E-state index in [-0.39, 0.29) is 23.4 Å². The Morgan fingerprint density at radius 3 is 2.43 bits per heavy atom. The van der Waals surface area contributed by atoms with Crippen molar-refractivity contribution >= 4 is 11.7 Å². The van der Waals surface area contributed by atoms with Crippen LogP contribution in [-0.4, -0.2) is 20.2 Å². The van der Waals surface area contributed by atoms with Crippen molar-refractivity contribution in [3.8, 4) is 11.5 Å². The van der Waals surface area contributed by atoms with Crippen molar-refractivity contribution in [1.82, 2.24) is 0 Å². The number of carboxylic acid groups (broad SMARTS) is 1. The van der Waals surface area contributed by atoms with Gasteiger partial charge < -0.3 is 24.7 Å². The van der Waals surface area contributed by atoms with E-state index in [9.17, 15) is 9.90 Å². The fourth-order valence-corrected chi connectivity index (χ4v) is 5.22. The minimum Gasteiger partial charge on any atom is -0.545 e. The van der Waals surface area contributed by atoms with Gasteiger partial charge >= 0.3 is 0 Å². The van der Waals surface area contributed by atoms with E-state index in [2.05, 4.69) is 23.5 Å². The maximum Gasteiger partial charge on any atom is 0.165 e. The van der Waals surface area contributed by atoms with Gasteiger partial charge in [0.25, 0.3) is 0 Å². The molecule has 0 saturated heterocycles. The minimum atomic E-state index is -1.18. The number of hydrogen-bond donors (Lipinski definition) is 1. The predicted molar refractivity (Wildman–Crippen MR) is 112 cm³/mol. The third-order valence-corrected chi connectivity index (χ3v) is 6.42. The van der Waals surface area contributed by atoms with Crippen LogP contribution in [0.25, 0.3) is 0 Å². The lowest BCUT2D eigenvalue weighted by Gasteiger charge is -2.39. The molecular weight excluding hydrogens is 378 g/mol. The summed E-state index contributed by atoms with van der Waals surface area (Å²) in [6.07, 6.45) is 0.897. The fourth-order valence-electron chi connectivity index (χ4n) is 5.22. The van der Waals surface area contributed by atoms with Crippen LogP contribution in [0.4, 0.5) is 5.69 Å². The molecule has 30 heavy (non-hydrogen) atoms. The quantitative estimate of drug-likeness (QED) is 0.725. The SMILES string of the molecule is COc1cccc([C@H]2Nc3c(C(=O)[O-])cccc3[C@@H]3c4ccccc4C[C@@H]32)c1OC. The van der Waals surface area contributed by atoms with Gasteiger partial charge in [-0.25, -0.2) is 0 Å². The summed E-state index contributed by atoms with van der Waals surface area (Å²) in [6, 6.07) is 19.5. The topological polar surface area (TPSA) is 70.6 Å². The van der Waals surface area contributed by atoms with Crippen molar-refractivity contribution in [3.05, 3.63) is 88.5 Å². The third-order valence-electron chi connectivity index (χ3n) is 6.42. The van der Waals surface area contributed by atoms with Crippen LogP contribution in [0, 0.1) is 5.92 Å². The molecule has 0 amide bonds. The first-order valence-corrected chi connectivity index (χ1v) is 10.0. The molecule has 3 aromatic rings. The molecule has 152 valence electrons. The Bertz CT molecular complexity index is 1140. The molecule has 0 bridgehead atoms. The van der Waals surface area contributed by atoms with Gasteiger partial charge in [0.1, 0.15) is 0 Å². The first kappa shape index (κ1) is 18.6. The number of hydrogen-bond acceptors (Lipinski definition) is 5. The molecule has 0 radical (unpaired) electrons. The second-order valence-corrected chi connectivity index (χ2v) is 7.81. The summed E-state index contributed by atoms with van der Waals surface area (Å²) < 4.78 is 11.2. The molecule has 0 unspecified atom stereocenters. The highest BCUT2D eigenvalue weighted by Gasteiger charge is 2.44. The van der Waals surface area contributed by atoms with Crippen LogP contribution in [0.2, 0.25) is 0 Å². The third kappa shape index (κ3) is 2.65. The van der Waals surface area contributed by atoms with Gasteiger partial charge in [-0.2, -0.15) is 0 Å². The molecule has 0 spiro atoms. The van der Waals surface area contributed by atoms with Crippen LogP contribution in [0.5, 0.6) is 11.5 Å². The average molecular weight is 400 g/mol. The summed E-state index contributed by atoms with van der Waals surface area (Å²) in [6.45, 7) is 0. The lowest BCUT2D eigenvalue weighted by atomic mass is 9.74. The number of ether oxygens (including phenoxy) is 2. The van der Waals surface area contributed by atoms with Crippen molar-refractivity contribution in [2.24, 2.45) is 5.92 Å². The maximum absolute atomic E-state index is 11.9. The zero-order valence-electron chi connectivity index (χ0n) is 16.8. The number of carbonyl (C=O) groups excluding carboxylic acids is 1. The van der Waals surface area contributed by atoms with Crippen molar-refractivity contribution in [2.75, 3.05) is 19.5 Å². The molecule has 3 aromatic carbocycles. The van der Waals surface area contributed by atoms with Crippen LogP contribution in [0.3, 0.4) is 0 Å². The highest BCUT2D eigenvalue weighted by molar-refractivity contribution is 5.94. The first-order valence-electron chi connectivity index (χ1n) is 10.0. The molecule has 1 N–H and O–H groups in total. The number of benzene rings is 3. The van der Waals surface area contributed by atoms with Gasteiger partial charge in [-0.3, -0.25) is 0 Å². The highest BCUT2D eigenvalue weighted by Crippen LogP contribution is 2.55. The zero-order valence-corrected chi connectivity index (χ0v) is 16.8. The summed E-state index contributed by atoms with van der Waals surface area (Å²) in [4.78, 5) is 11.9. The fraction of sp³-hybridized carbons (Fsp3) is 0.240. The van der Waals surface area contributed by atoms with E-state index < -0.39 is 5.97 Å². The summed E-state index contributed by atoms with van der Waals surface area (Å²) in [5.74, 6) is 0.454. The van der Waals surface area contributed by atoms with Crippen molar-refractivity contribution in [2.45, 2.75) is 18.4 Å². The predicted octanol–water partition coefficient (Wildman–Crippen LogP) is 3.54. The molecule has 1 aliphatic heterocycles. The lowest BCUT2D eigenvalue weighted by Crippen LogP contribution is -2.33. The molecule has 3 atom stereocenters. The zero-order chi connectivity index (χ0) is 20.8. The monoisotopic (exact) mass is 400 g/mol. The largest absolute Gasteiger partial charge is 0.545 e. The summed E-state index contributed by atoms with van der Waals surface area (Å²) in [5, 5.41) is 15.4. The lowest BCUT2D eigenvalue weighted by molar-refractivity contribution is -0.254. The Morgan fingerprint density at radius 1 is 0.933 bits per heavy atom. The van der Waals surface area contributed by atoms with E-state index in [1.807, 2.05) is 30.3 Å². The minimum absolute atomic E-state index is 0.0951. The standard InChI is InChI=1S/C25H23NO4/c1-29-20-12-6-10-17(24(20)30-2)23-19-13-14-7-3-4-8-15(14)21(19)16-9-5-11-18(25(27)28)22(16)26-23/h3-12,19,21,23,26H,13H2,1-2H3,(H,27,28)/p-1/t19-,21-,23+/m0/s1. The maximum atomic E-state index is 11.9. The number of rotatable bonds is 4. The van der Waals surface area contributed by atoms with Gasteiger partial charge in [0.15, 0.2) is 11.5 Å². The number of fused-ring (bicyclic) bond motifs is 5. The van der Waals surface area contributed by atoms with Crippen molar-refractivity contribution in [1.29, 1.82) is 0 Å². The molecule has 0 saturated carbocycles. The van der Waals surface area contributed by atoms with Gasteiger partial charge in [0.05, 0.1) is 26.2 Å². The molecule has 5 heteroatoms. The number of carboxylic acids is 1. The van der Waals surface area contributed by atoms with Gasteiger partial charge in [0, 0.05) is 22.7 Å². The van der Waals surface area contributed by atoms with Gasteiger partial charge in [-0.1, -0.05) is 54.6 Å². The molecular formula is C25H22NO4-. The molecule has 2 aliphatic rings. The Hall–Kier alpha value is -3.47. The number of carbonyl (C=O) groups is 1. The summed E-state index contributed by atoms with van der Waals surface area (Å²) in [5.41, 5.74) is 5.33. The second kappa shape index (κ2) is 7.10. The summed E-state index contributed by atoms with van der Waals surface area (Å²) in [7, 11) is 3.25. The smallest absolute Gasteiger partial charge is 0.165 e. The number of anilines is 1. The normalized spacial score (nSPS) is 21.1. The van der Waals surface area contributed by atoms with E-state index in [1.54, 1.807) is 26.4 Å². The van der Waals surface area contributed by atoms with Crippen LogP contribution >= 0.6 is 0 Å². The van der Waals surface area contributed by atoms with Crippen molar-refractivity contribution in [3.63, 3.8) is 0 Å². The number of nitrogens with one attached hydrogen (secondary N) is 1. The van der Waals surface area contributed by atoms with Gasteiger partial charge in [0.2, 0.25) is 0 Å². The summed E-state index contributed by atoms with van der Waals surface area (Å²) >= 11 is 0. The molecule has 1 aliphatic carbocycles. The van der Waals surface area contributed by atoms with Crippen molar-refractivity contribution < 1.29 is 19.4 Å². The molecule has 5 nitrogen and oxygen atoms in total. The molecule has 5 rings (SSSR count). The van der Waals surface area contributed by atoms with Crippen LogP contribution in [-0.2, 0) is 6.42 Å². The van der Waals surface area contributed by atoms with E-state index in [0.29, 0.717) is 17.2 Å². The molecule has 0 fully saturated rings. The second-order valence-electron chi connectivity index (χ2n) is 7.81. The van der Waals surface area contributed by atoms with Crippen LogP contribution in [0.15, 0.2) is 60.7 Å². The van der Waals surface area contributed by atoms with E-state index in [1.165, 1.54) is 11.1 Å². The van der Waals surface area contributed by atoms with E-state index in [4.69, 9.17) is 9.47 Å². The Balaban J connectivity index is 1.74. The first-order chi connectivity index (χ1) is 14.6. The Kier molecular flexibility index (Phi) is 4.39. The molecule has 0 aromatic heterocycles. The molecule has 1 heterocycles. The highest BCUT2D eigenvalue weighted by atomic mass is 16.5. The van der Waals surface area contributed by atoms with Crippen LogP contribution < -0.4 is 19.9 Å². The Morgan fingerprint density at radius 2 is 1.67 bits per heavy atom. The average Bonchev–Trinajstić information content (AvgIpc) is 3.17. The van der Waals surface area contributed by atoms with E-state index >= 15 is 0 Å². The number of methoxy groups -OCH3 is 2. The number of para-hydroxylation sites is 2. The van der Waals surface area contributed by atoms with Crippen LogP contribution in [0.1, 0.15) is 44.6 Å².